The lowest BCUT2D eigenvalue weighted by atomic mass is 9.92. The molecule has 0 spiro atoms. The minimum atomic E-state index is -0.381. The zero-order chi connectivity index (χ0) is 19.6. The van der Waals surface area contributed by atoms with Crippen molar-refractivity contribution < 1.29 is 13.9 Å². The normalized spacial score (nSPS) is 18.5. The van der Waals surface area contributed by atoms with Crippen LogP contribution in [0.25, 0.3) is 11.0 Å². The van der Waals surface area contributed by atoms with Crippen molar-refractivity contribution in [1.82, 2.24) is 4.90 Å². The van der Waals surface area contributed by atoms with Crippen LogP contribution in [0.2, 0.25) is 0 Å². The number of nitrogens with zero attached hydrogens (tertiary/aromatic N) is 1. The standard InChI is InChI=1S/C21H28N2O4/c1-13-17-7-6-16(26-3)11-19(17)27-21(25)18(13)8-9-20(24)23-10-4-5-15(12-23)14(2)22/h6-7,11,14-15H,4-5,8-10,12,22H2,1-3H3. The Hall–Kier alpha value is -2.34. The summed E-state index contributed by atoms with van der Waals surface area (Å²) in [6.07, 6.45) is 2.74. The maximum Gasteiger partial charge on any atom is 0.339 e. The van der Waals surface area contributed by atoms with Crippen LogP contribution < -0.4 is 16.1 Å². The summed E-state index contributed by atoms with van der Waals surface area (Å²) in [6, 6.07) is 5.52. The predicted molar refractivity (Wildman–Crippen MR) is 105 cm³/mol. The first-order chi connectivity index (χ1) is 12.9. The van der Waals surface area contributed by atoms with Crippen LogP contribution in [0.3, 0.4) is 0 Å². The van der Waals surface area contributed by atoms with Gasteiger partial charge in [0.2, 0.25) is 5.91 Å². The van der Waals surface area contributed by atoms with E-state index in [1.807, 2.05) is 30.9 Å². The van der Waals surface area contributed by atoms with Gasteiger partial charge in [0.15, 0.2) is 0 Å². The van der Waals surface area contributed by atoms with Gasteiger partial charge in [-0.2, -0.15) is 0 Å². The fourth-order valence-corrected chi connectivity index (χ4v) is 3.85. The average molecular weight is 372 g/mol. The number of nitrogens with two attached hydrogens (primary N) is 1. The Bertz CT molecular complexity index is 888. The van der Waals surface area contributed by atoms with Gasteiger partial charge >= 0.3 is 5.63 Å². The van der Waals surface area contributed by atoms with E-state index in [1.165, 1.54) is 0 Å². The summed E-state index contributed by atoms with van der Waals surface area (Å²) < 4.78 is 10.6. The summed E-state index contributed by atoms with van der Waals surface area (Å²) >= 11 is 0. The van der Waals surface area contributed by atoms with Crippen LogP contribution in [-0.2, 0) is 11.2 Å². The summed E-state index contributed by atoms with van der Waals surface area (Å²) in [5, 5.41) is 0.868. The molecule has 1 aliphatic rings. The molecule has 2 aromatic rings. The maximum absolute atomic E-state index is 12.6. The molecular weight excluding hydrogens is 344 g/mol. The summed E-state index contributed by atoms with van der Waals surface area (Å²) in [5.74, 6) is 1.07. The zero-order valence-electron chi connectivity index (χ0n) is 16.3. The number of aryl methyl sites for hydroxylation is 1. The van der Waals surface area contributed by atoms with E-state index in [4.69, 9.17) is 14.9 Å². The molecule has 146 valence electrons. The topological polar surface area (TPSA) is 85.8 Å². The summed E-state index contributed by atoms with van der Waals surface area (Å²) in [4.78, 5) is 27.0. The van der Waals surface area contributed by atoms with Crippen LogP contribution in [0.4, 0.5) is 0 Å². The second kappa shape index (κ2) is 8.13. The molecule has 2 heterocycles. The van der Waals surface area contributed by atoms with Crippen molar-refractivity contribution in [1.29, 1.82) is 0 Å². The van der Waals surface area contributed by atoms with Gasteiger partial charge in [0.1, 0.15) is 11.3 Å². The fourth-order valence-electron chi connectivity index (χ4n) is 3.85. The smallest absolute Gasteiger partial charge is 0.339 e. The molecule has 1 fully saturated rings. The Kier molecular flexibility index (Phi) is 5.85. The highest BCUT2D eigenvalue weighted by Crippen LogP contribution is 2.25. The number of likely N-dealkylation sites (tertiary alicyclic amines) is 1. The summed E-state index contributed by atoms with van der Waals surface area (Å²) in [5.41, 5.74) is 7.56. The molecule has 6 nitrogen and oxygen atoms in total. The molecule has 1 aromatic carbocycles. The van der Waals surface area contributed by atoms with Crippen molar-refractivity contribution in [3.05, 3.63) is 39.7 Å². The van der Waals surface area contributed by atoms with E-state index in [2.05, 4.69) is 0 Å². The Morgan fingerprint density at radius 2 is 2.22 bits per heavy atom. The third-order valence-corrected chi connectivity index (χ3v) is 5.64. The van der Waals surface area contributed by atoms with Crippen LogP contribution in [0.15, 0.2) is 27.4 Å². The Labute approximate surface area is 159 Å². The Balaban J connectivity index is 1.75. The first-order valence-electron chi connectivity index (χ1n) is 9.54. The van der Waals surface area contributed by atoms with E-state index in [0.717, 1.165) is 30.3 Å². The minimum absolute atomic E-state index is 0.0778. The van der Waals surface area contributed by atoms with Gasteiger partial charge in [-0.05, 0) is 56.7 Å². The van der Waals surface area contributed by atoms with Gasteiger partial charge in [-0.3, -0.25) is 4.79 Å². The quantitative estimate of drug-likeness (QED) is 0.816. The second-order valence-corrected chi connectivity index (χ2v) is 7.46. The highest BCUT2D eigenvalue weighted by molar-refractivity contribution is 5.82. The molecule has 0 saturated carbocycles. The van der Waals surface area contributed by atoms with Crippen LogP contribution in [0.5, 0.6) is 5.75 Å². The Morgan fingerprint density at radius 1 is 1.44 bits per heavy atom. The Morgan fingerprint density at radius 3 is 2.93 bits per heavy atom. The molecule has 2 N–H and O–H groups in total. The van der Waals surface area contributed by atoms with Crippen molar-refractivity contribution in [2.24, 2.45) is 11.7 Å². The van der Waals surface area contributed by atoms with E-state index in [-0.39, 0.29) is 17.6 Å². The molecule has 2 atom stereocenters. The van der Waals surface area contributed by atoms with Gasteiger partial charge in [0.05, 0.1) is 7.11 Å². The molecule has 2 unspecified atom stereocenters. The first kappa shape index (κ1) is 19.4. The maximum atomic E-state index is 12.6. The number of hydrogen-bond donors (Lipinski definition) is 1. The number of rotatable bonds is 5. The highest BCUT2D eigenvalue weighted by Gasteiger charge is 2.26. The van der Waals surface area contributed by atoms with E-state index in [1.54, 1.807) is 13.2 Å². The predicted octanol–water partition coefficient (Wildman–Crippen LogP) is 2.63. The van der Waals surface area contributed by atoms with Crippen molar-refractivity contribution in [2.45, 2.75) is 45.6 Å². The van der Waals surface area contributed by atoms with E-state index >= 15 is 0 Å². The lowest BCUT2D eigenvalue weighted by Gasteiger charge is -2.34. The number of ether oxygens (including phenoxy) is 1. The number of amides is 1. The molecule has 0 radical (unpaired) electrons. The number of carbonyl (C=O) groups excluding carboxylic acids is 1. The molecule has 1 saturated heterocycles. The summed E-state index contributed by atoms with van der Waals surface area (Å²) in [7, 11) is 1.57. The zero-order valence-corrected chi connectivity index (χ0v) is 16.3. The number of fused-ring (bicyclic) bond motifs is 1. The highest BCUT2D eigenvalue weighted by atomic mass is 16.5. The first-order valence-corrected chi connectivity index (χ1v) is 9.54. The van der Waals surface area contributed by atoms with E-state index in [0.29, 0.717) is 42.2 Å². The lowest BCUT2D eigenvalue weighted by Crippen LogP contribution is -2.45. The monoisotopic (exact) mass is 372 g/mol. The van der Waals surface area contributed by atoms with Gasteiger partial charge in [-0.1, -0.05) is 0 Å². The van der Waals surface area contributed by atoms with Crippen molar-refractivity contribution >= 4 is 16.9 Å². The molecule has 27 heavy (non-hydrogen) atoms. The second-order valence-electron chi connectivity index (χ2n) is 7.46. The molecule has 1 aromatic heterocycles. The molecule has 6 heteroatoms. The van der Waals surface area contributed by atoms with Gasteiger partial charge in [0, 0.05) is 42.6 Å². The van der Waals surface area contributed by atoms with Gasteiger partial charge in [-0.15, -0.1) is 0 Å². The average Bonchev–Trinajstić information content (AvgIpc) is 2.67. The number of benzene rings is 1. The molecule has 0 bridgehead atoms. The van der Waals surface area contributed by atoms with E-state index in [9.17, 15) is 9.59 Å². The molecule has 3 rings (SSSR count). The SMILES string of the molecule is COc1ccc2c(C)c(CCC(=O)N3CCCC(C(C)N)C3)c(=O)oc2c1. The fraction of sp³-hybridized carbons (Fsp3) is 0.524. The van der Waals surface area contributed by atoms with Crippen LogP contribution >= 0.6 is 0 Å². The summed E-state index contributed by atoms with van der Waals surface area (Å²) in [6.45, 7) is 5.38. The minimum Gasteiger partial charge on any atom is -0.497 e. The number of hydrogen-bond acceptors (Lipinski definition) is 5. The molecule has 1 aliphatic heterocycles. The van der Waals surface area contributed by atoms with Crippen LogP contribution in [0.1, 0.15) is 37.3 Å². The molecular formula is C21H28N2O4. The van der Waals surface area contributed by atoms with Gasteiger partial charge in [-0.25, -0.2) is 4.79 Å². The largest absolute Gasteiger partial charge is 0.497 e. The number of carbonyl (C=O) groups is 1. The number of piperidine rings is 1. The lowest BCUT2D eigenvalue weighted by molar-refractivity contribution is -0.133. The third kappa shape index (κ3) is 4.16. The van der Waals surface area contributed by atoms with E-state index < -0.39 is 0 Å². The third-order valence-electron chi connectivity index (χ3n) is 5.64. The van der Waals surface area contributed by atoms with Gasteiger partial charge < -0.3 is 19.8 Å². The van der Waals surface area contributed by atoms with Crippen molar-refractivity contribution in [3.63, 3.8) is 0 Å². The molecule has 1 amide bonds. The van der Waals surface area contributed by atoms with Crippen molar-refractivity contribution in [3.8, 4) is 5.75 Å². The number of methoxy groups -OCH3 is 1. The van der Waals surface area contributed by atoms with Crippen LogP contribution in [-0.4, -0.2) is 37.0 Å². The molecule has 0 aliphatic carbocycles. The van der Waals surface area contributed by atoms with Crippen molar-refractivity contribution in [2.75, 3.05) is 20.2 Å². The van der Waals surface area contributed by atoms with Gasteiger partial charge in [0.25, 0.3) is 0 Å². The van der Waals surface area contributed by atoms with Crippen LogP contribution in [0, 0.1) is 12.8 Å².